The lowest BCUT2D eigenvalue weighted by Gasteiger charge is -2.10. The van der Waals surface area contributed by atoms with Crippen LogP contribution in [0.2, 0.25) is 0 Å². The molecule has 4 N–H and O–H groups in total. The zero-order valence-electron chi connectivity index (χ0n) is 29.8. The molecule has 0 aromatic carbocycles. The second-order valence-corrected chi connectivity index (χ2v) is 13.0. The van der Waals surface area contributed by atoms with Crippen molar-refractivity contribution in [3.63, 3.8) is 0 Å². The maximum Gasteiger partial charge on any atom is 0.100 e. The largest absolute Gasteiger partial charge is 0.394 e. The molecular weight excluding hydrogens is 552 g/mol. The first-order chi connectivity index (χ1) is 21.6. The first-order valence-electron chi connectivity index (χ1n) is 19.4. The molecule has 0 rings (SSSR count). The smallest absolute Gasteiger partial charge is 0.100 e. The van der Waals surface area contributed by atoms with Gasteiger partial charge in [-0.25, -0.2) is 0 Å². The molecule has 0 heterocycles. The minimum atomic E-state index is -0.916. The number of rotatable bonds is 36. The van der Waals surface area contributed by atoms with E-state index in [-0.39, 0.29) is 26.4 Å². The molecule has 2 atom stereocenters. The zero-order chi connectivity index (χ0) is 32.6. The molecule has 268 valence electrons. The van der Waals surface area contributed by atoms with Gasteiger partial charge in [0.2, 0.25) is 0 Å². The Morgan fingerprint density at radius 2 is 0.568 bits per heavy atom. The van der Waals surface area contributed by atoms with Crippen molar-refractivity contribution in [2.75, 3.05) is 39.6 Å². The van der Waals surface area contributed by atoms with E-state index in [9.17, 15) is 0 Å². The number of hydrogen-bond donors (Lipinski definition) is 4. The van der Waals surface area contributed by atoms with Gasteiger partial charge >= 0.3 is 0 Å². The van der Waals surface area contributed by atoms with Crippen LogP contribution in [0, 0.1) is 0 Å². The van der Waals surface area contributed by atoms with Crippen molar-refractivity contribution >= 4 is 0 Å². The van der Waals surface area contributed by atoms with Crippen molar-refractivity contribution < 1.29 is 29.9 Å². The Bertz CT molecular complexity index is 438. The van der Waals surface area contributed by atoms with Gasteiger partial charge in [0.15, 0.2) is 0 Å². The van der Waals surface area contributed by atoms with Crippen molar-refractivity contribution in [3.05, 3.63) is 0 Å². The fourth-order valence-corrected chi connectivity index (χ4v) is 5.34. The minimum Gasteiger partial charge on any atom is -0.394 e. The highest BCUT2D eigenvalue weighted by Gasteiger charge is 2.05. The van der Waals surface area contributed by atoms with Gasteiger partial charge in [0.25, 0.3) is 0 Å². The van der Waals surface area contributed by atoms with Gasteiger partial charge < -0.3 is 29.9 Å². The number of unbranched alkanes of at least 4 members (excludes halogenated alkanes) is 26. The normalized spacial score (nSPS) is 12.7. The fraction of sp³-hybridized carbons (Fsp3) is 1.00. The predicted molar refractivity (Wildman–Crippen MR) is 188 cm³/mol. The van der Waals surface area contributed by atoms with Gasteiger partial charge in [-0.05, 0) is 12.8 Å². The molecule has 0 aliphatic heterocycles. The predicted octanol–water partition coefficient (Wildman–Crippen LogP) is 9.67. The summed E-state index contributed by atoms with van der Waals surface area (Å²) in [6.45, 7) is 5.79. The molecule has 0 radical (unpaired) electrons. The van der Waals surface area contributed by atoms with Crippen LogP contribution in [0.1, 0.15) is 194 Å². The van der Waals surface area contributed by atoms with Crippen molar-refractivity contribution in [1.29, 1.82) is 0 Å². The summed E-state index contributed by atoms with van der Waals surface area (Å²) < 4.78 is 10.6. The average molecular weight is 633 g/mol. The number of ether oxygens (including phenoxy) is 2. The summed E-state index contributed by atoms with van der Waals surface area (Å²) in [5.74, 6) is 0. The number of aliphatic hydroxyl groups excluding tert-OH is 4. The quantitative estimate of drug-likeness (QED) is 0.0513. The summed E-state index contributed by atoms with van der Waals surface area (Å²) in [5, 5.41) is 34.1. The third-order valence-electron chi connectivity index (χ3n) is 8.33. The van der Waals surface area contributed by atoms with E-state index >= 15 is 0 Å². The Hall–Kier alpha value is -0.240. The SMILES string of the molecule is CCCCCCCCCCCCCCCCOCCCCCCCCCCCCCCCC.OCC(O)COCC(O)CO. The molecule has 44 heavy (non-hydrogen) atoms. The summed E-state index contributed by atoms with van der Waals surface area (Å²) in [7, 11) is 0. The van der Waals surface area contributed by atoms with Crippen LogP contribution in [0.3, 0.4) is 0 Å². The summed E-state index contributed by atoms with van der Waals surface area (Å²) in [4.78, 5) is 0. The van der Waals surface area contributed by atoms with E-state index in [0.717, 1.165) is 13.2 Å². The Morgan fingerprint density at radius 3 is 0.795 bits per heavy atom. The maximum absolute atomic E-state index is 8.72. The van der Waals surface area contributed by atoms with Crippen molar-refractivity contribution in [1.82, 2.24) is 0 Å². The Balaban J connectivity index is 0. The second-order valence-electron chi connectivity index (χ2n) is 13.0. The molecule has 6 nitrogen and oxygen atoms in total. The van der Waals surface area contributed by atoms with Gasteiger partial charge in [0.1, 0.15) is 12.2 Å². The van der Waals surface area contributed by atoms with Crippen LogP contribution < -0.4 is 0 Å². The lowest BCUT2D eigenvalue weighted by molar-refractivity contribution is -0.0364. The second kappa shape index (κ2) is 42.8. The molecule has 0 bridgehead atoms. The first-order valence-corrected chi connectivity index (χ1v) is 19.4. The Morgan fingerprint density at radius 1 is 0.341 bits per heavy atom. The highest BCUT2D eigenvalue weighted by molar-refractivity contribution is 4.53. The third-order valence-corrected chi connectivity index (χ3v) is 8.33. The molecule has 0 fully saturated rings. The first kappa shape index (κ1) is 45.9. The maximum atomic E-state index is 8.72. The highest BCUT2D eigenvalue weighted by atomic mass is 16.5. The van der Waals surface area contributed by atoms with Gasteiger partial charge in [-0.15, -0.1) is 0 Å². The van der Waals surface area contributed by atoms with E-state index in [1.54, 1.807) is 0 Å². The molecule has 0 aliphatic carbocycles. The third kappa shape index (κ3) is 43.9. The minimum absolute atomic E-state index is 0.0342. The van der Waals surface area contributed by atoms with Crippen molar-refractivity contribution in [2.45, 2.75) is 206 Å². The van der Waals surface area contributed by atoms with Crippen molar-refractivity contribution in [2.24, 2.45) is 0 Å². The molecule has 0 aromatic rings. The topological polar surface area (TPSA) is 99.4 Å². The summed E-state index contributed by atoms with van der Waals surface area (Å²) in [6.07, 6.45) is 38.2. The standard InChI is InChI=1S/C32H66O.C6H14O5/c1-3-5-7-9-11-13-15-17-19-21-23-25-27-29-31-33-32-30-28-26-24-22-20-18-16-14-12-10-8-6-4-2;7-1-5(9)3-11-4-6(10)2-8/h3-32H2,1-2H3;5-10H,1-4H2. The van der Waals surface area contributed by atoms with E-state index < -0.39 is 12.2 Å². The molecule has 0 saturated carbocycles. The summed E-state index contributed by atoms with van der Waals surface area (Å²) >= 11 is 0. The van der Waals surface area contributed by atoms with E-state index in [2.05, 4.69) is 13.8 Å². The van der Waals surface area contributed by atoms with Gasteiger partial charge in [-0.3, -0.25) is 0 Å². The lowest BCUT2D eigenvalue weighted by Crippen LogP contribution is -2.25. The molecule has 2 unspecified atom stereocenters. The fourth-order valence-electron chi connectivity index (χ4n) is 5.34. The van der Waals surface area contributed by atoms with Crippen LogP contribution >= 0.6 is 0 Å². The number of aliphatic hydroxyl groups is 4. The van der Waals surface area contributed by atoms with E-state index in [0.29, 0.717) is 0 Å². The van der Waals surface area contributed by atoms with Gasteiger partial charge in [-0.1, -0.05) is 181 Å². The van der Waals surface area contributed by atoms with Crippen LogP contribution in [0.4, 0.5) is 0 Å². The average Bonchev–Trinajstić information content (AvgIpc) is 3.04. The van der Waals surface area contributed by atoms with Gasteiger partial charge in [-0.2, -0.15) is 0 Å². The summed E-state index contributed by atoms with van der Waals surface area (Å²) in [6, 6.07) is 0. The van der Waals surface area contributed by atoms with Crippen LogP contribution in [0.15, 0.2) is 0 Å². The van der Waals surface area contributed by atoms with Crippen molar-refractivity contribution in [3.8, 4) is 0 Å². The van der Waals surface area contributed by atoms with Crippen LogP contribution in [-0.2, 0) is 9.47 Å². The molecular formula is C38H80O6. The van der Waals surface area contributed by atoms with Gasteiger partial charge in [0, 0.05) is 13.2 Å². The molecule has 0 spiro atoms. The van der Waals surface area contributed by atoms with E-state index in [4.69, 9.17) is 29.9 Å². The van der Waals surface area contributed by atoms with Crippen LogP contribution in [-0.4, -0.2) is 72.3 Å². The Labute approximate surface area is 275 Å². The van der Waals surface area contributed by atoms with Crippen LogP contribution in [0.5, 0.6) is 0 Å². The highest BCUT2D eigenvalue weighted by Crippen LogP contribution is 2.14. The van der Waals surface area contributed by atoms with E-state index in [1.807, 2.05) is 0 Å². The zero-order valence-corrected chi connectivity index (χ0v) is 29.8. The monoisotopic (exact) mass is 633 g/mol. The molecule has 0 aliphatic rings. The van der Waals surface area contributed by atoms with Crippen LogP contribution in [0.25, 0.3) is 0 Å². The van der Waals surface area contributed by atoms with Gasteiger partial charge in [0.05, 0.1) is 26.4 Å². The van der Waals surface area contributed by atoms with E-state index in [1.165, 1.54) is 180 Å². The lowest BCUT2D eigenvalue weighted by atomic mass is 10.0. The molecule has 0 amide bonds. The number of hydrogen-bond acceptors (Lipinski definition) is 6. The molecule has 0 aromatic heterocycles. The summed E-state index contributed by atoms with van der Waals surface area (Å²) in [5.41, 5.74) is 0. The molecule has 6 heteroatoms. The Kier molecular flexibility index (Phi) is 44.6. The molecule has 0 saturated heterocycles.